The first kappa shape index (κ1) is 16.3. The molecule has 24 heavy (non-hydrogen) atoms. The van der Waals surface area contributed by atoms with Crippen LogP contribution < -0.4 is 5.32 Å². The van der Waals surface area contributed by atoms with Gasteiger partial charge < -0.3 is 10.1 Å². The fourth-order valence-electron chi connectivity index (χ4n) is 2.56. The summed E-state index contributed by atoms with van der Waals surface area (Å²) < 4.78 is 5.11. The fraction of sp³-hybridized carbons (Fsp3) is 0.294. The Morgan fingerprint density at radius 2 is 2.08 bits per heavy atom. The summed E-state index contributed by atoms with van der Waals surface area (Å²) in [7, 11) is 0. The van der Waals surface area contributed by atoms with Crippen molar-refractivity contribution in [3.8, 4) is 0 Å². The van der Waals surface area contributed by atoms with E-state index in [1.807, 2.05) is 6.92 Å². The van der Waals surface area contributed by atoms with Crippen LogP contribution in [0.3, 0.4) is 0 Å². The Labute approximate surface area is 142 Å². The molecule has 0 aliphatic carbocycles. The molecule has 1 amide bonds. The lowest BCUT2D eigenvalue weighted by Crippen LogP contribution is -2.20. The third-order valence-electron chi connectivity index (χ3n) is 3.75. The summed E-state index contributed by atoms with van der Waals surface area (Å²) in [4.78, 5) is 40.2. The minimum Gasteiger partial charge on any atom is -0.453 e. The van der Waals surface area contributed by atoms with E-state index in [0.29, 0.717) is 29.0 Å². The number of ketones is 1. The van der Waals surface area contributed by atoms with Gasteiger partial charge in [-0.3, -0.25) is 9.59 Å². The number of carbonyl (C=O) groups excluding carboxylic acids is 3. The average Bonchev–Trinajstić information content (AvgIpc) is 2.90. The van der Waals surface area contributed by atoms with Crippen molar-refractivity contribution in [2.24, 2.45) is 0 Å². The number of rotatable bonds is 4. The van der Waals surface area contributed by atoms with E-state index < -0.39 is 5.97 Å². The number of Topliss-reactive ketones (excluding diaryl/α,β-unsaturated/α-hetero) is 1. The molecule has 0 atom stereocenters. The molecule has 1 aromatic heterocycles. The summed E-state index contributed by atoms with van der Waals surface area (Å²) in [5, 5.41) is 3.55. The number of fused-ring (bicyclic) bond motifs is 1. The van der Waals surface area contributed by atoms with E-state index in [2.05, 4.69) is 10.3 Å². The predicted octanol–water partition coefficient (Wildman–Crippen LogP) is 2.68. The van der Waals surface area contributed by atoms with Crippen molar-refractivity contribution in [1.82, 2.24) is 4.98 Å². The summed E-state index contributed by atoms with van der Waals surface area (Å²) in [5.41, 5.74) is 2.73. The van der Waals surface area contributed by atoms with Gasteiger partial charge in [-0.15, -0.1) is 11.3 Å². The number of esters is 1. The number of hydrogen-bond donors (Lipinski definition) is 1. The number of nitrogens with zero attached hydrogens (tertiary/aromatic N) is 1. The highest BCUT2D eigenvalue weighted by Gasteiger charge is 2.19. The number of nitrogens with one attached hydrogen (secondary N) is 1. The average molecular weight is 344 g/mol. The number of aromatic nitrogens is 1. The normalized spacial score (nSPS) is 13.2. The zero-order valence-electron chi connectivity index (χ0n) is 13.3. The number of aryl methyl sites for hydroxylation is 3. The Balaban J connectivity index is 1.66. The third kappa shape index (κ3) is 3.35. The number of benzene rings is 1. The van der Waals surface area contributed by atoms with Gasteiger partial charge in [0, 0.05) is 17.7 Å². The van der Waals surface area contributed by atoms with Crippen LogP contribution in [0.4, 0.5) is 5.69 Å². The molecular weight excluding hydrogens is 328 g/mol. The lowest BCUT2D eigenvalue weighted by Gasteiger charge is -2.17. The van der Waals surface area contributed by atoms with Crippen molar-refractivity contribution in [3.05, 3.63) is 44.9 Å². The standard InChI is InChI=1S/C17H16N2O4S/c1-9-16(24-10(2)18-9)17(22)23-8-14(20)12-3-5-13-11(7-12)4-6-15(21)19-13/h3,5,7H,4,6,8H2,1-2H3,(H,19,21). The number of carbonyl (C=O) groups is 3. The molecule has 7 heteroatoms. The minimum absolute atomic E-state index is 0.0225. The van der Waals surface area contributed by atoms with Crippen LogP contribution in [0.2, 0.25) is 0 Å². The SMILES string of the molecule is Cc1nc(C)c(C(=O)OCC(=O)c2ccc3c(c2)CCC(=O)N3)s1. The van der Waals surface area contributed by atoms with Crippen molar-refractivity contribution in [1.29, 1.82) is 0 Å². The third-order valence-corrected chi connectivity index (χ3v) is 4.80. The quantitative estimate of drug-likeness (QED) is 0.681. The molecule has 0 unspecified atom stereocenters. The predicted molar refractivity (Wildman–Crippen MR) is 89.6 cm³/mol. The first-order valence-electron chi connectivity index (χ1n) is 7.51. The van der Waals surface area contributed by atoms with Gasteiger partial charge in [-0.25, -0.2) is 9.78 Å². The minimum atomic E-state index is -0.531. The topological polar surface area (TPSA) is 85.4 Å². The van der Waals surface area contributed by atoms with Crippen LogP contribution in [0, 0.1) is 13.8 Å². The highest BCUT2D eigenvalue weighted by molar-refractivity contribution is 7.13. The van der Waals surface area contributed by atoms with Gasteiger partial charge in [0.1, 0.15) is 4.88 Å². The molecular formula is C17H16N2O4S. The summed E-state index contributed by atoms with van der Waals surface area (Å²) in [5.74, 6) is -0.829. The molecule has 0 bridgehead atoms. The molecule has 3 rings (SSSR count). The van der Waals surface area contributed by atoms with Gasteiger partial charge in [0.25, 0.3) is 0 Å². The molecule has 1 aliphatic heterocycles. The molecule has 0 fully saturated rings. The van der Waals surface area contributed by atoms with Gasteiger partial charge in [0.2, 0.25) is 5.91 Å². The molecule has 1 N–H and O–H groups in total. The first-order valence-corrected chi connectivity index (χ1v) is 8.33. The maximum Gasteiger partial charge on any atom is 0.350 e. The first-order chi connectivity index (χ1) is 11.4. The van der Waals surface area contributed by atoms with E-state index in [9.17, 15) is 14.4 Å². The second-order valence-corrected chi connectivity index (χ2v) is 6.77. The van der Waals surface area contributed by atoms with Gasteiger partial charge in [-0.05, 0) is 44.0 Å². The van der Waals surface area contributed by atoms with Crippen molar-refractivity contribution < 1.29 is 19.1 Å². The fourth-order valence-corrected chi connectivity index (χ4v) is 3.37. The molecule has 0 saturated heterocycles. The second-order valence-electron chi connectivity index (χ2n) is 5.57. The number of amides is 1. The van der Waals surface area contributed by atoms with E-state index >= 15 is 0 Å². The van der Waals surface area contributed by atoms with Crippen molar-refractivity contribution >= 4 is 34.7 Å². The number of ether oxygens (including phenoxy) is 1. The maximum atomic E-state index is 12.2. The lowest BCUT2D eigenvalue weighted by molar-refractivity contribution is -0.116. The largest absolute Gasteiger partial charge is 0.453 e. The van der Waals surface area contributed by atoms with Gasteiger partial charge in [0.15, 0.2) is 12.4 Å². The molecule has 0 saturated carbocycles. The lowest BCUT2D eigenvalue weighted by atomic mass is 9.99. The van der Waals surface area contributed by atoms with Gasteiger partial charge in [0.05, 0.1) is 10.7 Å². The Hall–Kier alpha value is -2.54. The van der Waals surface area contributed by atoms with E-state index in [1.165, 1.54) is 11.3 Å². The molecule has 2 heterocycles. The Morgan fingerprint density at radius 1 is 1.29 bits per heavy atom. The van der Waals surface area contributed by atoms with Crippen LogP contribution in [0.25, 0.3) is 0 Å². The Bertz CT molecular complexity index is 841. The van der Waals surface area contributed by atoms with Crippen LogP contribution in [-0.2, 0) is 16.0 Å². The molecule has 124 valence electrons. The van der Waals surface area contributed by atoms with Gasteiger partial charge >= 0.3 is 5.97 Å². The molecule has 1 aliphatic rings. The number of thiazole rings is 1. The maximum absolute atomic E-state index is 12.2. The highest BCUT2D eigenvalue weighted by atomic mass is 32.1. The molecule has 0 spiro atoms. The van der Waals surface area contributed by atoms with Crippen molar-refractivity contribution in [2.45, 2.75) is 26.7 Å². The molecule has 2 aromatic rings. The van der Waals surface area contributed by atoms with Crippen molar-refractivity contribution in [3.63, 3.8) is 0 Å². The number of hydrogen-bond acceptors (Lipinski definition) is 6. The summed E-state index contributed by atoms with van der Waals surface area (Å²) >= 11 is 1.25. The van der Waals surface area contributed by atoms with E-state index in [0.717, 1.165) is 16.3 Å². The molecule has 0 radical (unpaired) electrons. The van der Waals surface area contributed by atoms with Gasteiger partial charge in [-0.1, -0.05) is 0 Å². The van der Waals surface area contributed by atoms with Crippen molar-refractivity contribution in [2.75, 3.05) is 11.9 Å². The Kier molecular flexibility index (Phi) is 4.44. The van der Waals surface area contributed by atoms with Crippen LogP contribution in [-0.4, -0.2) is 29.3 Å². The smallest absolute Gasteiger partial charge is 0.350 e. The van der Waals surface area contributed by atoms with Crippen LogP contribution in [0.5, 0.6) is 0 Å². The van der Waals surface area contributed by atoms with Gasteiger partial charge in [-0.2, -0.15) is 0 Å². The molecule has 6 nitrogen and oxygen atoms in total. The van der Waals surface area contributed by atoms with Crippen LogP contribution in [0.1, 0.15) is 42.7 Å². The highest BCUT2D eigenvalue weighted by Crippen LogP contribution is 2.24. The van der Waals surface area contributed by atoms with E-state index in [-0.39, 0.29) is 18.3 Å². The van der Waals surface area contributed by atoms with E-state index in [4.69, 9.17) is 4.74 Å². The zero-order chi connectivity index (χ0) is 17.3. The Morgan fingerprint density at radius 3 is 2.79 bits per heavy atom. The summed E-state index contributed by atoms with van der Waals surface area (Å²) in [6.07, 6.45) is 1.01. The summed E-state index contributed by atoms with van der Waals surface area (Å²) in [6.45, 7) is 3.23. The molecule has 1 aromatic carbocycles. The van der Waals surface area contributed by atoms with Crippen LogP contribution >= 0.6 is 11.3 Å². The van der Waals surface area contributed by atoms with Crippen LogP contribution in [0.15, 0.2) is 18.2 Å². The second kappa shape index (κ2) is 6.52. The monoisotopic (exact) mass is 344 g/mol. The zero-order valence-corrected chi connectivity index (χ0v) is 14.2. The summed E-state index contributed by atoms with van der Waals surface area (Å²) in [6, 6.07) is 5.08. The van der Waals surface area contributed by atoms with E-state index in [1.54, 1.807) is 25.1 Å². The number of anilines is 1.